The standard InChI is InChI=1S/C12H13F2NO4S/c13-9-3-4-10(14)11(5-9)20(18,19)15(7-12(16)17)6-8-1-2-8/h3-5,8H,1-2,6-7H2,(H,16,17). The van der Waals surface area contributed by atoms with Crippen molar-refractivity contribution in [2.24, 2.45) is 5.92 Å². The Hall–Kier alpha value is -1.54. The summed E-state index contributed by atoms with van der Waals surface area (Å²) < 4.78 is 51.9. The third-order valence-corrected chi connectivity index (χ3v) is 4.81. The molecule has 0 amide bonds. The fourth-order valence-corrected chi connectivity index (χ4v) is 3.34. The van der Waals surface area contributed by atoms with Gasteiger partial charge in [-0.2, -0.15) is 4.31 Å². The summed E-state index contributed by atoms with van der Waals surface area (Å²) >= 11 is 0. The van der Waals surface area contributed by atoms with Crippen LogP contribution >= 0.6 is 0 Å². The van der Waals surface area contributed by atoms with Crippen LogP contribution in [0.2, 0.25) is 0 Å². The lowest BCUT2D eigenvalue weighted by Gasteiger charge is -2.20. The first kappa shape index (κ1) is 14.9. The molecule has 1 saturated carbocycles. The molecule has 0 atom stereocenters. The predicted molar refractivity (Wildman–Crippen MR) is 65.5 cm³/mol. The molecule has 1 aromatic rings. The molecule has 2 rings (SSSR count). The molecule has 20 heavy (non-hydrogen) atoms. The first-order chi connectivity index (χ1) is 9.30. The highest BCUT2D eigenvalue weighted by Gasteiger charge is 2.34. The number of sulfonamides is 1. The Morgan fingerprint density at radius 2 is 2.00 bits per heavy atom. The number of benzene rings is 1. The van der Waals surface area contributed by atoms with E-state index in [9.17, 15) is 22.0 Å². The molecule has 1 aliphatic rings. The molecule has 8 heteroatoms. The maximum absolute atomic E-state index is 13.6. The number of carboxylic acids is 1. The summed E-state index contributed by atoms with van der Waals surface area (Å²) in [7, 11) is -4.37. The van der Waals surface area contributed by atoms with Crippen molar-refractivity contribution in [1.29, 1.82) is 0 Å². The Labute approximate surface area is 114 Å². The van der Waals surface area contributed by atoms with E-state index in [0.29, 0.717) is 16.4 Å². The molecule has 0 heterocycles. The van der Waals surface area contributed by atoms with Crippen molar-refractivity contribution in [2.75, 3.05) is 13.1 Å². The number of hydrogen-bond acceptors (Lipinski definition) is 3. The topological polar surface area (TPSA) is 74.7 Å². The van der Waals surface area contributed by atoms with Crippen LogP contribution in [0, 0.1) is 17.6 Å². The lowest BCUT2D eigenvalue weighted by atomic mass is 10.3. The molecule has 1 N–H and O–H groups in total. The van der Waals surface area contributed by atoms with Crippen LogP contribution in [0.25, 0.3) is 0 Å². The number of nitrogens with zero attached hydrogens (tertiary/aromatic N) is 1. The number of carbonyl (C=O) groups is 1. The van der Waals surface area contributed by atoms with E-state index in [0.717, 1.165) is 18.9 Å². The first-order valence-corrected chi connectivity index (χ1v) is 7.41. The molecule has 0 unspecified atom stereocenters. The van der Waals surface area contributed by atoms with Gasteiger partial charge in [0.2, 0.25) is 10.0 Å². The molecule has 0 radical (unpaired) electrons. The molecule has 1 aliphatic carbocycles. The number of halogens is 2. The highest BCUT2D eigenvalue weighted by molar-refractivity contribution is 7.89. The Bertz CT molecular complexity index is 628. The van der Waals surface area contributed by atoms with Gasteiger partial charge in [-0.1, -0.05) is 0 Å². The van der Waals surface area contributed by atoms with E-state index in [1.807, 2.05) is 0 Å². The predicted octanol–water partition coefficient (Wildman–Crippen LogP) is 1.45. The lowest BCUT2D eigenvalue weighted by molar-refractivity contribution is -0.137. The zero-order chi connectivity index (χ0) is 14.9. The third kappa shape index (κ3) is 3.31. The fraction of sp³-hybridized carbons (Fsp3) is 0.417. The molecular weight excluding hydrogens is 292 g/mol. The minimum Gasteiger partial charge on any atom is -0.480 e. The van der Waals surface area contributed by atoms with E-state index < -0.39 is 39.1 Å². The van der Waals surface area contributed by atoms with Gasteiger partial charge in [0.25, 0.3) is 0 Å². The molecule has 5 nitrogen and oxygen atoms in total. The second-order valence-electron chi connectivity index (χ2n) is 4.71. The van der Waals surface area contributed by atoms with Gasteiger partial charge in [-0.15, -0.1) is 0 Å². The van der Waals surface area contributed by atoms with Crippen molar-refractivity contribution < 1.29 is 27.1 Å². The number of carboxylic acid groups (broad SMARTS) is 1. The van der Waals surface area contributed by atoms with Crippen molar-refractivity contribution in [1.82, 2.24) is 4.31 Å². The van der Waals surface area contributed by atoms with Crippen molar-refractivity contribution in [3.05, 3.63) is 29.8 Å². The average molecular weight is 305 g/mol. The van der Waals surface area contributed by atoms with Crippen LogP contribution in [-0.4, -0.2) is 36.9 Å². The highest BCUT2D eigenvalue weighted by atomic mass is 32.2. The second kappa shape index (κ2) is 5.45. The van der Waals surface area contributed by atoms with Crippen molar-refractivity contribution in [2.45, 2.75) is 17.7 Å². The molecule has 0 bridgehead atoms. The number of aliphatic carboxylic acids is 1. The Morgan fingerprint density at radius 3 is 2.55 bits per heavy atom. The smallest absolute Gasteiger partial charge is 0.318 e. The average Bonchev–Trinajstić information content (AvgIpc) is 3.14. The largest absolute Gasteiger partial charge is 0.480 e. The molecule has 0 saturated heterocycles. The van der Waals surface area contributed by atoms with Crippen LogP contribution in [0.5, 0.6) is 0 Å². The molecule has 0 aromatic heterocycles. The maximum atomic E-state index is 13.6. The Kier molecular flexibility index (Phi) is 4.05. The van der Waals surface area contributed by atoms with Crippen LogP contribution in [-0.2, 0) is 14.8 Å². The van der Waals surface area contributed by atoms with Crippen LogP contribution < -0.4 is 0 Å². The maximum Gasteiger partial charge on any atom is 0.318 e. The summed E-state index contributed by atoms with van der Waals surface area (Å²) in [6, 6.07) is 2.07. The van der Waals surface area contributed by atoms with Gasteiger partial charge in [-0.3, -0.25) is 4.79 Å². The SMILES string of the molecule is O=C(O)CN(CC1CC1)S(=O)(=O)c1cc(F)ccc1F. The van der Waals surface area contributed by atoms with Crippen molar-refractivity contribution >= 4 is 16.0 Å². The van der Waals surface area contributed by atoms with E-state index in [1.165, 1.54) is 0 Å². The van der Waals surface area contributed by atoms with Gasteiger partial charge in [-0.25, -0.2) is 17.2 Å². The van der Waals surface area contributed by atoms with E-state index in [1.54, 1.807) is 0 Å². The van der Waals surface area contributed by atoms with Crippen molar-refractivity contribution in [3.63, 3.8) is 0 Å². The van der Waals surface area contributed by atoms with Gasteiger partial charge >= 0.3 is 5.97 Å². The zero-order valence-corrected chi connectivity index (χ0v) is 11.2. The van der Waals surface area contributed by atoms with Gasteiger partial charge in [0, 0.05) is 6.54 Å². The Morgan fingerprint density at radius 1 is 1.35 bits per heavy atom. The molecule has 0 aliphatic heterocycles. The van der Waals surface area contributed by atoms with E-state index in [4.69, 9.17) is 5.11 Å². The third-order valence-electron chi connectivity index (χ3n) is 2.98. The van der Waals surface area contributed by atoms with Gasteiger partial charge in [0.1, 0.15) is 23.1 Å². The van der Waals surface area contributed by atoms with Crippen molar-refractivity contribution in [3.8, 4) is 0 Å². The van der Waals surface area contributed by atoms with E-state index >= 15 is 0 Å². The molecule has 110 valence electrons. The van der Waals surface area contributed by atoms with Gasteiger partial charge in [0.05, 0.1) is 0 Å². The summed E-state index contributed by atoms with van der Waals surface area (Å²) in [4.78, 5) is 9.93. The fourth-order valence-electron chi connectivity index (χ4n) is 1.80. The quantitative estimate of drug-likeness (QED) is 0.863. The minimum absolute atomic E-state index is 0.00455. The van der Waals surface area contributed by atoms with E-state index in [-0.39, 0.29) is 12.5 Å². The second-order valence-corrected chi connectivity index (χ2v) is 6.62. The summed E-state index contributed by atoms with van der Waals surface area (Å²) in [5.74, 6) is -3.25. The summed E-state index contributed by atoms with van der Waals surface area (Å²) in [6.45, 7) is -0.765. The minimum atomic E-state index is -4.37. The van der Waals surface area contributed by atoms with Crippen LogP contribution in [0.3, 0.4) is 0 Å². The molecular formula is C12H13F2NO4S. The first-order valence-electron chi connectivity index (χ1n) is 5.97. The summed E-state index contributed by atoms with van der Waals surface area (Å²) in [5, 5.41) is 8.78. The normalized spacial score (nSPS) is 15.6. The van der Waals surface area contributed by atoms with Crippen LogP contribution in [0.1, 0.15) is 12.8 Å². The van der Waals surface area contributed by atoms with Gasteiger partial charge in [0.15, 0.2) is 0 Å². The monoisotopic (exact) mass is 305 g/mol. The Balaban J connectivity index is 2.37. The number of hydrogen-bond donors (Lipinski definition) is 1. The summed E-state index contributed by atoms with van der Waals surface area (Å²) in [6.07, 6.45) is 1.61. The van der Waals surface area contributed by atoms with Gasteiger partial charge < -0.3 is 5.11 Å². The van der Waals surface area contributed by atoms with Gasteiger partial charge in [-0.05, 0) is 37.0 Å². The zero-order valence-electron chi connectivity index (χ0n) is 10.4. The molecule has 1 fully saturated rings. The molecule has 0 spiro atoms. The van der Waals surface area contributed by atoms with Crippen LogP contribution in [0.15, 0.2) is 23.1 Å². The highest BCUT2D eigenvalue weighted by Crippen LogP contribution is 2.32. The number of rotatable bonds is 6. The summed E-state index contributed by atoms with van der Waals surface area (Å²) in [5.41, 5.74) is 0. The van der Waals surface area contributed by atoms with Crippen LogP contribution in [0.4, 0.5) is 8.78 Å². The molecule has 1 aromatic carbocycles. The van der Waals surface area contributed by atoms with E-state index in [2.05, 4.69) is 0 Å². The lowest BCUT2D eigenvalue weighted by Crippen LogP contribution is -2.37.